The topological polar surface area (TPSA) is 115 Å². The third kappa shape index (κ3) is 3.06. The molecule has 1 aromatic heterocycles. The standard InChI is InChI=1S/C13H11N3O5/c1-21-11-5-4-8(16(19)20)7-10(11)15-12-9(13(17)18)3-2-6-14-12/h2-7H,1H3,(H,14,15)(H,17,18). The van der Waals surface area contributed by atoms with Gasteiger partial charge in [-0.25, -0.2) is 9.78 Å². The predicted molar refractivity (Wildman–Crippen MR) is 74.1 cm³/mol. The molecular weight excluding hydrogens is 278 g/mol. The Morgan fingerprint density at radius 2 is 2.19 bits per heavy atom. The molecule has 8 nitrogen and oxygen atoms in total. The highest BCUT2D eigenvalue weighted by molar-refractivity contribution is 5.94. The maximum atomic E-state index is 11.1. The Kier molecular flexibility index (Phi) is 3.98. The highest BCUT2D eigenvalue weighted by Gasteiger charge is 2.15. The van der Waals surface area contributed by atoms with Crippen molar-refractivity contribution < 1.29 is 19.6 Å². The number of anilines is 2. The van der Waals surface area contributed by atoms with E-state index in [0.29, 0.717) is 5.75 Å². The SMILES string of the molecule is COc1ccc([N+](=O)[O-])cc1Nc1ncccc1C(=O)O. The molecule has 0 saturated carbocycles. The Balaban J connectivity index is 2.45. The number of hydrogen-bond donors (Lipinski definition) is 2. The van der Waals surface area contributed by atoms with Crippen LogP contribution in [0.25, 0.3) is 0 Å². The van der Waals surface area contributed by atoms with E-state index < -0.39 is 10.9 Å². The second-order valence-corrected chi connectivity index (χ2v) is 3.97. The number of rotatable bonds is 5. The zero-order chi connectivity index (χ0) is 15.4. The second kappa shape index (κ2) is 5.87. The normalized spacial score (nSPS) is 9.95. The fourth-order valence-corrected chi connectivity index (χ4v) is 1.71. The third-order valence-electron chi connectivity index (χ3n) is 2.69. The molecular formula is C13H11N3O5. The lowest BCUT2D eigenvalue weighted by Crippen LogP contribution is -2.05. The number of nitro groups is 1. The number of carboxylic acids is 1. The van der Waals surface area contributed by atoms with Gasteiger partial charge in [-0.1, -0.05) is 0 Å². The van der Waals surface area contributed by atoms with Gasteiger partial charge in [0.2, 0.25) is 0 Å². The number of carboxylic acid groups (broad SMARTS) is 1. The molecule has 0 bridgehead atoms. The highest BCUT2D eigenvalue weighted by atomic mass is 16.6. The van der Waals surface area contributed by atoms with Crippen molar-refractivity contribution in [2.45, 2.75) is 0 Å². The van der Waals surface area contributed by atoms with Gasteiger partial charge in [0.25, 0.3) is 5.69 Å². The minimum absolute atomic E-state index is 0.0499. The van der Waals surface area contributed by atoms with Crippen molar-refractivity contribution in [1.82, 2.24) is 4.98 Å². The summed E-state index contributed by atoms with van der Waals surface area (Å²) in [5.74, 6) is -0.749. The fourth-order valence-electron chi connectivity index (χ4n) is 1.71. The zero-order valence-electron chi connectivity index (χ0n) is 10.9. The van der Waals surface area contributed by atoms with Crippen LogP contribution >= 0.6 is 0 Å². The largest absolute Gasteiger partial charge is 0.495 e. The number of benzene rings is 1. The van der Waals surface area contributed by atoms with E-state index in [2.05, 4.69) is 10.3 Å². The summed E-state index contributed by atoms with van der Waals surface area (Å²) in [5.41, 5.74) is 0.0602. The van der Waals surface area contributed by atoms with Gasteiger partial charge in [0.1, 0.15) is 17.1 Å². The fraction of sp³-hybridized carbons (Fsp3) is 0.0769. The lowest BCUT2D eigenvalue weighted by Gasteiger charge is -2.11. The molecule has 1 heterocycles. The summed E-state index contributed by atoms with van der Waals surface area (Å²) < 4.78 is 5.09. The van der Waals surface area contributed by atoms with E-state index in [1.165, 1.54) is 43.6 Å². The summed E-state index contributed by atoms with van der Waals surface area (Å²) in [4.78, 5) is 25.3. The van der Waals surface area contributed by atoms with Gasteiger partial charge in [0.15, 0.2) is 0 Å². The van der Waals surface area contributed by atoms with Gasteiger partial charge in [-0.3, -0.25) is 10.1 Å². The first-order valence-electron chi connectivity index (χ1n) is 5.80. The monoisotopic (exact) mass is 289 g/mol. The number of hydrogen-bond acceptors (Lipinski definition) is 6. The average molecular weight is 289 g/mol. The van der Waals surface area contributed by atoms with Gasteiger partial charge in [-0.15, -0.1) is 0 Å². The van der Waals surface area contributed by atoms with Crippen LogP contribution in [0.2, 0.25) is 0 Å². The van der Waals surface area contributed by atoms with Crippen LogP contribution in [-0.2, 0) is 0 Å². The molecule has 0 aliphatic carbocycles. The minimum Gasteiger partial charge on any atom is -0.495 e. The van der Waals surface area contributed by atoms with Crippen LogP contribution in [0, 0.1) is 10.1 Å². The Morgan fingerprint density at radius 3 is 2.81 bits per heavy atom. The maximum absolute atomic E-state index is 11.1. The number of nitrogens with zero attached hydrogens (tertiary/aromatic N) is 2. The highest BCUT2D eigenvalue weighted by Crippen LogP contribution is 2.31. The van der Waals surface area contributed by atoms with Crippen LogP contribution in [0.3, 0.4) is 0 Å². The quantitative estimate of drug-likeness (QED) is 0.641. The molecule has 0 spiro atoms. The predicted octanol–water partition coefficient (Wildman–Crippen LogP) is 2.44. The number of non-ortho nitro benzene ring substituents is 1. The molecule has 1 aromatic carbocycles. The molecule has 0 aliphatic rings. The van der Waals surface area contributed by atoms with Crippen molar-refractivity contribution in [3.63, 3.8) is 0 Å². The first kappa shape index (κ1) is 14.3. The Morgan fingerprint density at radius 1 is 1.43 bits per heavy atom. The van der Waals surface area contributed by atoms with Crippen molar-refractivity contribution >= 4 is 23.2 Å². The minimum atomic E-state index is -1.16. The van der Waals surface area contributed by atoms with Crippen LogP contribution in [0.15, 0.2) is 36.5 Å². The average Bonchev–Trinajstić information content (AvgIpc) is 2.47. The van der Waals surface area contributed by atoms with E-state index in [0.717, 1.165) is 0 Å². The molecule has 108 valence electrons. The van der Waals surface area contributed by atoms with E-state index in [1.807, 2.05) is 0 Å². The molecule has 0 unspecified atom stereocenters. The summed E-state index contributed by atoms with van der Waals surface area (Å²) in [6.07, 6.45) is 1.42. The number of aromatic carboxylic acids is 1. The molecule has 2 aromatic rings. The van der Waals surface area contributed by atoms with Gasteiger partial charge in [0.05, 0.1) is 17.7 Å². The van der Waals surface area contributed by atoms with Crippen LogP contribution in [0.1, 0.15) is 10.4 Å². The summed E-state index contributed by atoms with van der Waals surface area (Å²) in [6.45, 7) is 0. The molecule has 0 amide bonds. The Labute approximate surface area is 119 Å². The molecule has 0 aliphatic heterocycles. The molecule has 0 atom stereocenters. The second-order valence-electron chi connectivity index (χ2n) is 3.97. The summed E-state index contributed by atoms with van der Waals surface area (Å²) in [6, 6.07) is 6.82. The van der Waals surface area contributed by atoms with Crippen molar-refractivity contribution in [3.8, 4) is 5.75 Å². The number of carbonyl (C=O) groups is 1. The number of aromatic nitrogens is 1. The third-order valence-corrected chi connectivity index (χ3v) is 2.69. The van der Waals surface area contributed by atoms with Crippen molar-refractivity contribution in [1.29, 1.82) is 0 Å². The van der Waals surface area contributed by atoms with Crippen LogP contribution < -0.4 is 10.1 Å². The molecule has 2 N–H and O–H groups in total. The molecule has 21 heavy (non-hydrogen) atoms. The summed E-state index contributed by atoms with van der Waals surface area (Å²) >= 11 is 0. The smallest absolute Gasteiger partial charge is 0.339 e. The number of ether oxygens (including phenoxy) is 1. The first-order chi connectivity index (χ1) is 10.0. The number of methoxy groups -OCH3 is 1. The van der Waals surface area contributed by atoms with E-state index in [-0.39, 0.29) is 22.8 Å². The molecule has 0 fully saturated rings. The van der Waals surface area contributed by atoms with Crippen molar-refractivity contribution in [2.75, 3.05) is 12.4 Å². The number of pyridine rings is 1. The van der Waals surface area contributed by atoms with Crippen LogP contribution in [0.5, 0.6) is 5.75 Å². The van der Waals surface area contributed by atoms with Crippen molar-refractivity contribution in [2.24, 2.45) is 0 Å². The lowest BCUT2D eigenvalue weighted by molar-refractivity contribution is -0.384. The maximum Gasteiger partial charge on any atom is 0.339 e. The van der Waals surface area contributed by atoms with Gasteiger partial charge in [0, 0.05) is 18.3 Å². The van der Waals surface area contributed by atoms with Gasteiger partial charge < -0.3 is 15.2 Å². The summed E-state index contributed by atoms with van der Waals surface area (Å²) in [7, 11) is 1.41. The molecule has 8 heteroatoms. The number of nitro benzene ring substituents is 1. The molecule has 0 radical (unpaired) electrons. The first-order valence-corrected chi connectivity index (χ1v) is 5.80. The number of nitrogens with one attached hydrogen (secondary N) is 1. The molecule has 0 saturated heterocycles. The van der Waals surface area contributed by atoms with Gasteiger partial charge in [-0.05, 0) is 18.2 Å². The van der Waals surface area contributed by atoms with E-state index in [9.17, 15) is 14.9 Å². The van der Waals surface area contributed by atoms with Crippen LogP contribution in [0.4, 0.5) is 17.2 Å². The van der Waals surface area contributed by atoms with Gasteiger partial charge in [-0.2, -0.15) is 0 Å². The Hall–Kier alpha value is -3.16. The van der Waals surface area contributed by atoms with E-state index in [1.54, 1.807) is 0 Å². The zero-order valence-corrected chi connectivity index (χ0v) is 10.9. The van der Waals surface area contributed by atoms with E-state index in [4.69, 9.17) is 9.84 Å². The van der Waals surface area contributed by atoms with Crippen LogP contribution in [-0.4, -0.2) is 28.1 Å². The Bertz CT molecular complexity index is 702. The lowest BCUT2D eigenvalue weighted by atomic mass is 10.2. The van der Waals surface area contributed by atoms with Gasteiger partial charge >= 0.3 is 5.97 Å². The molecule has 2 rings (SSSR count). The summed E-state index contributed by atoms with van der Waals surface area (Å²) in [5, 5.41) is 22.6. The van der Waals surface area contributed by atoms with Crippen molar-refractivity contribution in [3.05, 3.63) is 52.2 Å². The van der Waals surface area contributed by atoms with E-state index >= 15 is 0 Å².